The molecule has 0 aliphatic carbocycles. The van der Waals surface area contributed by atoms with E-state index in [-0.39, 0.29) is 0 Å². The van der Waals surface area contributed by atoms with Gasteiger partial charge in [-0.3, -0.25) is 0 Å². The molecule has 0 bridgehead atoms. The van der Waals surface area contributed by atoms with Gasteiger partial charge in [0.05, 0.1) is 29.2 Å². The molecule has 2 aromatic carbocycles. The summed E-state index contributed by atoms with van der Waals surface area (Å²) in [5.41, 5.74) is 6.79. The Balaban J connectivity index is 1.36. The Morgan fingerprint density at radius 2 is 2.06 bits per heavy atom. The van der Waals surface area contributed by atoms with Gasteiger partial charge in [-0.1, -0.05) is 24.8 Å². The van der Waals surface area contributed by atoms with E-state index in [1.54, 1.807) is 0 Å². The van der Waals surface area contributed by atoms with E-state index in [4.69, 9.17) is 10.2 Å². The first-order valence-electron chi connectivity index (χ1n) is 12.1. The summed E-state index contributed by atoms with van der Waals surface area (Å²) in [6.45, 7) is 6.83. The molecule has 1 aliphatic rings. The van der Waals surface area contributed by atoms with Crippen molar-refractivity contribution in [3.8, 4) is 6.07 Å². The normalized spacial score (nSPS) is 12.6. The fourth-order valence-electron chi connectivity index (χ4n) is 4.46. The molecule has 7 heteroatoms. The number of hydrogen-bond acceptors (Lipinski definition) is 6. The van der Waals surface area contributed by atoms with Gasteiger partial charge < -0.3 is 20.1 Å². The van der Waals surface area contributed by atoms with Crippen molar-refractivity contribution in [3.63, 3.8) is 0 Å². The van der Waals surface area contributed by atoms with Crippen molar-refractivity contribution in [2.24, 2.45) is 7.05 Å². The van der Waals surface area contributed by atoms with Gasteiger partial charge in [-0.25, -0.2) is 9.97 Å². The number of hydrogen-bond donors (Lipinski definition) is 2. The predicted octanol–water partition coefficient (Wildman–Crippen LogP) is 5.20. The van der Waals surface area contributed by atoms with Crippen LogP contribution in [-0.4, -0.2) is 27.6 Å². The SMILES string of the molecule is C=C(c1ccc2c(c1)nc(CNc1ccc(C#N)cc1)n2C)N(CCC1=CCCN1)c1ccccn1. The molecule has 0 fully saturated rings. The molecule has 0 spiro atoms. The van der Waals surface area contributed by atoms with Gasteiger partial charge in [0, 0.05) is 49.8 Å². The number of rotatable bonds is 9. The first-order valence-corrected chi connectivity index (χ1v) is 12.1. The average Bonchev–Trinajstić information content (AvgIpc) is 3.56. The summed E-state index contributed by atoms with van der Waals surface area (Å²) in [6, 6.07) is 21.8. The lowest BCUT2D eigenvalue weighted by Crippen LogP contribution is -2.25. The van der Waals surface area contributed by atoms with Crippen molar-refractivity contribution >= 4 is 28.2 Å². The van der Waals surface area contributed by atoms with Crippen molar-refractivity contribution in [3.05, 3.63) is 102 Å². The summed E-state index contributed by atoms with van der Waals surface area (Å²) in [7, 11) is 2.03. The highest BCUT2D eigenvalue weighted by atomic mass is 15.2. The first kappa shape index (κ1) is 23.2. The molecule has 0 atom stereocenters. The van der Waals surface area contributed by atoms with E-state index in [1.807, 2.05) is 55.7 Å². The van der Waals surface area contributed by atoms with Crippen molar-refractivity contribution in [2.75, 3.05) is 23.3 Å². The van der Waals surface area contributed by atoms with E-state index >= 15 is 0 Å². The van der Waals surface area contributed by atoms with Crippen LogP contribution in [0.15, 0.2) is 85.2 Å². The Bertz CT molecular complexity index is 1440. The van der Waals surface area contributed by atoms with E-state index in [9.17, 15) is 0 Å². The molecule has 0 amide bonds. The lowest BCUT2D eigenvalue weighted by Gasteiger charge is -2.26. The summed E-state index contributed by atoms with van der Waals surface area (Å²) in [6.07, 6.45) is 6.08. The van der Waals surface area contributed by atoms with Crippen molar-refractivity contribution in [1.29, 1.82) is 5.26 Å². The average molecular weight is 476 g/mol. The van der Waals surface area contributed by atoms with E-state index in [1.165, 1.54) is 5.70 Å². The maximum Gasteiger partial charge on any atom is 0.132 e. The Morgan fingerprint density at radius 3 is 2.78 bits per heavy atom. The van der Waals surface area contributed by atoms with Gasteiger partial charge in [-0.15, -0.1) is 0 Å². The number of nitriles is 1. The molecule has 3 heterocycles. The van der Waals surface area contributed by atoms with Crippen LogP contribution in [-0.2, 0) is 13.6 Å². The maximum atomic E-state index is 8.99. The monoisotopic (exact) mass is 475 g/mol. The highest BCUT2D eigenvalue weighted by Gasteiger charge is 2.17. The van der Waals surface area contributed by atoms with Gasteiger partial charge in [-0.2, -0.15) is 5.26 Å². The van der Waals surface area contributed by atoms with Crippen LogP contribution in [0.25, 0.3) is 16.7 Å². The third kappa shape index (κ3) is 4.93. The van der Waals surface area contributed by atoms with Gasteiger partial charge in [-0.05, 0) is 60.5 Å². The van der Waals surface area contributed by atoms with Crippen molar-refractivity contribution in [1.82, 2.24) is 19.9 Å². The minimum atomic E-state index is 0.579. The Labute approximate surface area is 211 Å². The summed E-state index contributed by atoms with van der Waals surface area (Å²) in [5, 5.41) is 15.8. The Kier molecular flexibility index (Phi) is 6.67. The zero-order valence-corrected chi connectivity index (χ0v) is 20.4. The van der Waals surface area contributed by atoms with Gasteiger partial charge in [0.15, 0.2) is 0 Å². The zero-order valence-electron chi connectivity index (χ0n) is 20.4. The third-order valence-corrected chi connectivity index (χ3v) is 6.51. The Morgan fingerprint density at radius 1 is 1.19 bits per heavy atom. The molecule has 36 heavy (non-hydrogen) atoms. The summed E-state index contributed by atoms with van der Waals surface area (Å²) < 4.78 is 2.10. The zero-order chi connectivity index (χ0) is 24.9. The van der Waals surface area contributed by atoms with Crippen molar-refractivity contribution < 1.29 is 0 Å². The van der Waals surface area contributed by atoms with Gasteiger partial charge in [0.25, 0.3) is 0 Å². The molecule has 0 radical (unpaired) electrons. The minimum absolute atomic E-state index is 0.579. The first-order chi connectivity index (χ1) is 17.6. The van der Waals surface area contributed by atoms with E-state index < -0.39 is 0 Å². The molecular formula is C29H29N7. The van der Waals surface area contributed by atoms with E-state index in [0.717, 1.165) is 65.6 Å². The van der Waals surface area contributed by atoms with Gasteiger partial charge in [0.1, 0.15) is 11.6 Å². The summed E-state index contributed by atoms with van der Waals surface area (Å²) >= 11 is 0. The van der Waals surface area contributed by atoms with Crippen LogP contribution in [0.3, 0.4) is 0 Å². The highest BCUT2D eigenvalue weighted by molar-refractivity contribution is 5.84. The molecule has 5 rings (SSSR count). The fraction of sp³-hybridized carbons (Fsp3) is 0.207. The number of nitrogens with one attached hydrogen (secondary N) is 2. The molecule has 0 saturated carbocycles. The van der Waals surface area contributed by atoms with Crippen LogP contribution >= 0.6 is 0 Å². The van der Waals surface area contributed by atoms with Gasteiger partial charge >= 0.3 is 0 Å². The largest absolute Gasteiger partial charge is 0.388 e. The second-order valence-corrected chi connectivity index (χ2v) is 8.81. The smallest absolute Gasteiger partial charge is 0.132 e. The number of anilines is 2. The molecular weight excluding hydrogens is 446 g/mol. The Hall–Kier alpha value is -4.57. The maximum absolute atomic E-state index is 8.99. The lowest BCUT2D eigenvalue weighted by atomic mass is 10.1. The quantitative estimate of drug-likeness (QED) is 0.346. The van der Waals surface area contributed by atoms with E-state index in [2.05, 4.69) is 62.0 Å². The molecule has 180 valence electrons. The number of benzene rings is 2. The highest BCUT2D eigenvalue weighted by Crippen LogP contribution is 2.27. The summed E-state index contributed by atoms with van der Waals surface area (Å²) in [4.78, 5) is 11.7. The van der Waals surface area contributed by atoms with Crippen LogP contribution < -0.4 is 15.5 Å². The standard InChI is InChI=1S/C29H29N7/c1-21(36(28-7-3-4-15-32-28)17-14-24-6-5-16-31-24)23-10-13-27-26(18-23)34-29(35(27)2)20-33-25-11-8-22(19-30)9-12-25/h3-4,6-13,15,18,31,33H,1,5,14,16-17,20H2,2H3. The number of pyridine rings is 1. The fourth-order valence-corrected chi connectivity index (χ4v) is 4.46. The lowest BCUT2D eigenvalue weighted by molar-refractivity contribution is 0.795. The number of aryl methyl sites for hydroxylation is 1. The molecule has 2 aromatic heterocycles. The van der Waals surface area contributed by atoms with Crippen LogP contribution in [0.4, 0.5) is 11.5 Å². The minimum Gasteiger partial charge on any atom is -0.388 e. The van der Waals surface area contributed by atoms with Crippen LogP contribution in [0, 0.1) is 11.3 Å². The molecule has 4 aromatic rings. The topological polar surface area (TPSA) is 81.8 Å². The van der Waals surface area contributed by atoms with Crippen molar-refractivity contribution in [2.45, 2.75) is 19.4 Å². The second kappa shape index (κ2) is 10.4. The number of aromatic nitrogens is 3. The predicted molar refractivity (Wildman–Crippen MR) is 145 cm³/mol. The summed E-state index contributed by atoms with van der Waals surface area (Å²) in [5.74, 6) is 1.81. The molecule has 0 saturated heterocycles. The van der Waals surface area contributed by atoms with Crippen LogP contribution in [0.5, 0.6) is 0 Å². The van der Waals surface area contributed by atoms with E-state index in [0.29, 0.717) is 12.1 Å². The molecule has 1 aliphatic heterocycles. The number of nitrogens with zero attached hydrogens (tertiary/aromatic N) is 5. The second-order valence-electron chi connectivity index (χ2n) is 8.81. The molecule has 2 N–H and O–H groups in total. The molecule has 7 nitrogen and oxygen atoms in total. The number of imidazole rings is 1. The van der Waals surface area contributed by atoms with Gasteiger partial charge in [0.2, 0.25) is 0 Å². The van der Waals surface area contributed by atoms with Crippen LogP contribution in [0.2, 0.25) is 0 Å². The third-order valence-electron chi connectivity index (χ3n) is 6.51. The number of fused-ring (bicyclic) bond motifs is 1. The molecule has 0 unspecified atom stereocenters. The van der Waals surface area contributed by atoms with Crippen LogP contribution in [0.1, 0.15) is 29.8 Å².